The van der Waals surface area contributed by atoms with Crippen LogP contribution in [0.2, 0.25) is 0 Å². The highest BCUT2D eigenvalue weighted by Crippen LogP contribution is 2.40. The third kappa shape index (κ3) is 48.8. The molecule has 0 saturated carbocycles. The van der Waals surface area contributed by atoms with Gasteiger partial charge in [0, 0.05) is 64.1 Å². The molecule has 5 saturated heterocycles. The highest BCUT2D eigenvalue weighted by atomic mass is 79.9. The number of carbonyl (C=O) groups excluding carboxylic acids is 5. The molecule has 0 spiro atoms. The van der Waals surface area contributed by atoms with E-state index in [1.165, 1.54) is 74.7 Å². The number of carboxylic acids is 4. The lowest BCUT2D eigenvalue weighted by Gasteiger charge is -2.41. The van der Waals surface area contributed by atoms with E-state index < -0.39 is 68.8 Å². The molecule has 10 N–H and O–H groups in total. The van der Waals surface area contributed by atoms with E-state index in [-0.39, 0.29) is 111 Å². The first-order valence-electron chi connectivity index (χ1n) is 50.3. The maximum atomic E-state index is 14.5. The summed E-state index contributed by atoms with van der Waals surface area (Å²) in [5.74, 6) is -5.00. The Morgan fingerprint density at radius 1 is 0.415 bits per heavy atom. The van der Waals surface area contributed by atoms with E-state index >= 15 is 0 Å². The van der Waals surface area contributed by atoms with Crippen molar-refractivity contribution >= 4 is 93.1 Å². The summed E-state index contributed by atoms with van der Waals surface area (Å²) >= 11 is 12.7. The van der Waals surface area contributed by atoms with Gasteiger partial charge in [-0.2, -0.15) is 0 Å². The van der Waals surface area contributed by atoms with Gasteiger partial charge in [-0.05, 0) is 321 Å². The van der Waals surface area contributed by atoms with Gasteiger partial charge in [0.1, 0.15) is 45.9 Å². The van der Waals surface area contributed by atoms with E-state index in [1.807, 2.05) is 53.7 Å². The molecule has 0 aliphatic carbocycles. The van der Waals surface area contributed by atoms with Crippen molar-refractivity contribution in [3.8, 4) is 0 Å². The van der Waals surface area contributed by atoms with Crippen LogP contribution in [0.5, 0.6) is 0 Å². The van der Waals surface area contributed by atoms with Gasteiger partial charge in [-0.25, -0.2) is 36.3 Å². The highest BCUT2D eigenvalue weighted by molar-refractivity contribution is 9.08. The van der Waals surface area contributed by atoms with E-state index in [9.17, 15) is 70.2 Å². The lowest BCUT2D eigenvalue weighted by atomic mass is 9.73. The molecule has 147 heavy (non-hydrogen) atoms. The number of halogens is 9. The fraction of sp³-hybridized carbons (Fsp3) is 0.500. The van der Waals surface area contributed by atoms with Gasteiger partial charge >= 0.3 is 42.2 Å². The lowest BCUT2D eigenvalue weighted by molar-refractivity contribution is -0.152. The number of alkyl halides is 3. The van der Waals surface area contributed by atoms with E-state index in [0.717, 1.165) is 102 Å². The molecule has 24 nitrogen and oxygen atoms in total. The topological polar surface area (TPSA) is 346 Å². The van der Waals surface area contributed by atoms with Crippen LogP contribution >= 0.6 is 39.1 Å². The Balaban J connectivity index is 0.000000449. The Morgan fingerprint density at radius 2 is 0.694 bits per heavy atom. The van der Waals surface area contributed by atoms with Gasteiger partial charge in [0.25, 0.3) is 1.45 Å². The van der Waals surface area contributed by atoms with Crippen molar-refractivity contribution < 1.29 is 104 Å². The first kappa shape index (κ1) is 128. The molecule has 812 valence electrons. The molecule has 0 aromatic heterocycles. The summed E-state index contributed by atoms with van der Waals surface area (Å²) in [5, 5.41) is 48.8. The zero-order valence-corrected chi connectivity index (χ0v) is 89.7. The van der Waals surface area contributed by atoms with Crippen LogP contribution in [-0.4, -0.2) is 198 Å². The van der Waals surface area contributed by atoms with E-state index in [2.05, 4.69) is 132 Å². The third-order valence-corrected chi connectivity index (χ3v) is 25.7. The van der Waals surface area contributed by atoms with Gasteiger partial charge in [0.05, 0.1) is 33.4 Å². The quantitative estimate of drug-likeness (QED) is 0.0138. The minimum Gasteiger partial charge on any atom is -0.481 e. The van der Waals surface area contributed by atoms with Gasteiger partial charge in [0.2, 0.25) is 11.8 Å². The number of ether oxygens (including phenoxy) is 3. The van der Waals surface area contributed by atoms with Crippen LogP contribution in [0, 0.1) is 57.2 Å². The summed E-state index contributed by atoms with van der Waals surface area (Å²) in [5.41, 5.74) is 12.2. The molecule has 0 radical (unpaired) electrons. The van der Waals surface area contributed by atoms with Crippen LogP contribution in [0.1, 0.15) is 222 Å². The fourth-order valence-electron chi connectivity index (χ4n) is 16.5. The molecule has 5 aliphatic rings. The standard InChI is InChI=1S/C28H37FN2O3.C23H29FN2O.C18H24FNO4.C11H19NO4.C10H15N.C9H9FO2.C7H6BrF.C6H11NO2.CH2Cl2.CH4.FH/c1-5-21-10-12-22(13-11-21)14-17-30-25(32)28(20-23-8-6-7-9-24(23)29)15-18-31(19-16-28)26(33)34-27(2,3)4;1-2-18-7-9-19(10-8-18)11-14-26-22(27)23(12-15-25-16-13-23)17-20-5-3-4-6-21(20)24;1-17(2,3)24-16(23)20-10-8-18(9-11-20,15(21)22)12-13-6-4-5-7-14(13)19;1-11(2,3)16-10(15)12-6-4-8(5-7-12)9(13)14;1-2-9-3-5-10(6-4-9)7-8-11;10-8-4-1-7(2-5-8)3-6-9(11)12;8-5-6-3-1-2-4-7(6)9;8-6(9)5-1-3-7-4-2-5;2-1-3;;/h6-13H,5,14-20H2,1-4H3,(H,30,32);3-10,25H,2,11-17H2,1H3,(H,26,27);4-7H,8-12H2,1-3H3,(H,21,22);8H,4-7H2,1-3H3,(H,13,14);3-6H,2,7-8,11H2,1H3;1-2,4-5H,3,6H2,(H,11,12);1-4H,5H2;5,7H,1-4H2,(H,8,9);1H2;1H4;1H/i/hT. The Morgan fingerprint density at radius 3 is 0.986 bits per heavy atom. The molecule has 33 heteroatoms. The SMILES string of the molecule is C.CC(C)(C)OC(=O)N1CCC(C(=O)O)CC1.CC(C)(C)OC(=O)N1CCC(Cc2ccccc2F)(C(=O)O)CC1.CCc1ccc(CCN)cc1.CCc1ccc(CCNC(=O)C2(Cc3ccccc3F)CCN(C(=O)OC(C)(C)C)CC2)cc1.CCc1ccc(CCNC(=O)C2(Cc3ccccc3F)CCNCC2)cc1.ClCCl.Fc1ccccc1CBr.O=C(O)C1CCNCC1.O=C(O)CCc1ccc(F)cc1.[3H]F. The molecule has 5 amide bonds. The number of nitrogens with zero attached hydrogens (tertiary/aromatic N) is 3. The van der Waals surface area contributed by atoms with E-state index in [0.29, 0.717) is 112 Å². The Kier molecular flexibility index (Phi) is 58.5. The van der Waals surface area contributed by atoms with Crippen LogP contribution in [0.4, 0.5) is 41.1 Å². The molecule has 8 aromatic rings. The lowest BCUT2D eigenvalue weighted by Crippen LogP contribution is -2.52. The fourth-order valence-corrected chi connectivity index (χ4v) is 16.9. The Labute approximate surface area is 885 Å². The molecular formula is C114H157BrCl2F6N8O16. The number of hydrogen-bond acceptors (Lipinski definition) is 15. The molecule has 5 fully saturated rings. The average molecular weight is 2160 g/mol. The number of nitrogens with two attached hydrogens (primary N) is 1. The molecule has 5 aliphatic heterocycles. The van der Waals surface area contributed by atoms with Crippen molar-refractivity contribution in [3.63, 3.8) is 0 Å². The molecule has 5 heterocycles. The molecular weight excluding hydrogens is 2000 g/mol. The predicted octanol–water partition coefficient (Wildman–Crippen LogP) is 22.7. The minimum absolute atomic E-state index is 0. The summed E-state index contributed by atoms with van der Waals surface area (Å²) in [4.78, 5) is 111. The monoisotopic (exact) mass is 2160 g/mol. The number of carboxylic acid groups (broad SMARTS) is 4. The van der Waals surface area contributed by atoms with Crippen LogP contribution in [0.15, 0.2) is 194 Å². The predicted molar refractivity (Wildman–Crippen MR) is 574 cm³/mol. The zero-order chi connectivity index (χ0) is 109. The Bertz CT molecular complexity index is 5240. The van der Waals surface area contributed by atoms with Crippen molar-refractivity contribution in [1.82, 2.24) is 36.0 Å². The van der Waals surface area contributed by atoms with Gasteiger partial charge < -0.3 is 76.3 Å². The largest absolute Gasteiger partial charge is 0.481 e. The number of piperidine rings is 5. The maximum Gasteiger partial charge on any atom is 0.410 e. The van der Waals surface area contributed by atoms with Gasteiger partial charge in [-0.1, -0.05) is 202 Å². The summed E-state index contributed by atoms with van der Waals surface area (Å²) < 4.78 is 96.5. The van der Waals surface area contributed by atoms with Crippen molar-refractivity contribution in [1.29, 1.82) is 1.45 Å². The molecule has 13 rings (SSSR count). The van der Waals surface area contributed by atoms with Crippen LogP contribution < -0.4 is 27.0 Å². The van der Waals surface area contributed by atoms with Crippen LogP contribution in [0.25, 0.3) is 0 Å². The number of amides is 5. The summed E-state index contributed by atoms with van der Waals surface area (Å²) in [7, 11) is 0. The first-order valence-corrected chi connectivity index (χ1v) is 52.1. The molecule has 0 unspecified atom stereocenters. The number of aliphatic carboxylic acids is 4. The number of rotatable bonds is 26. The van der Waals surface area contributed by atoms with Gasteiger partial charge in [-0.3, -0.25) is 33.5 Å². The van der Waals surface area contributed by atoms with E-state index in [1.54, 1.807) is 103 Å². The van der Waals surface area contributed by atoms with Gasteiger partial charge in [-0.15, -0.1) is 23.2 Å². The number of carbonyl (C=O) groups is 9. The average Bonchev–Trinajstić information content (AvgIpc) is 0.793. The zero-order valence-electron chi connectivity index (χ0n) is 87.6. The summed E-state index contributed by atoms with van der Waals surface area (Å²) in [6.07, 6.45) is 11.5. The van der Waals surface area contributed by atoms with Crippen molar-refractivity contribution in [2.24, 2.45) is 33.8 Å². The highest BCUT2D eigenvalue weighted by Gasteiger charge is 2.46. The normalized spacial score (nSPS) is 15.0. The maximum absolute atomic E-state index is 14.5. The third-order valence-electron chi connectivity index (χ3n) is 25.1. The molecule has 0 atom stereocenters. The summed E-state index contributed by atoms with van der Waals surface area (Å²) in [6, 6.07) is 57.8. The van der Waals surface area contributed by atoms with Crippen LogP contribution in [-0.2, 0) is 113 Å². The van der Waals surface area contributed by atoms with Crippen LogP contribution in [0.3, 0.4) is 0 Å². The number of benzene rings is 8. The number of nitrogens with one attached hydrogen (secondary N) is 4. The smallest absolute Gasteiger partial charge is 0.410 e. The molecule has 8 aromatic carbocycles. The number of hydrogen-bond donors (Lipinski definition) is 9. The molecule has 0 bridgehead atoms. The number of aryl methyl sites for hydroxylation is 4. The second kappa shape index (κ2) is 67.1. The second-order valence-electron chi connectivity index (χ2n) is 39.5. The second-order valence-corrected chi connectivity index (χ2v) is 40.9. The minimum atomic E-state index is -1.05. The van der Waals surface area contributed by atoms with Crippen molar-refractivity contribution in [2.45, 2.75) is 247 Å². The van der Waals surface area contributed by atoms with E-state index in [4.69, 9.17) is 63.2 Å². The van der Waals surface area contributed by atoms with Gasteiger partial charge in [0.15, 0.2) is 0 Å². The number of likely N-dealkylation sites (tertiary alicyclic amines) is 3. The summed E-state index contributed by atoms with van der Waals surface area (Å²) in [6.45, 7) is 30.2. The van der Waals surface area contributed by atoms with Crippen molar-refractivity contribution in [3.05, 3.63) is 284 Å². The Hall–Kier alpha value is -11.1. The first-order chi connectivity index (χ1) is 69.8. The van der Waals surface area contributed by atoms with Crippen molar-refractivity contribution in [2.75, 3.05) is 90.4 Å².